The maximum absolute atomic E-state index is 13.9. The van der Waals surface area contributed by atoms with Gasteiger partial charge in [0.25, 0.3) is 5.56 Å². The first kappa shape index (κ1) is 14.4. The number of aromatic nitrogens is 2. The lowest BCUT2D eigenvalue weighted by atomic mass is 10.2. The summed E-state index contributed by atoms with van der Waals surface area (Å²) in [6, 6.07) is 3.67. The Labute approximate surface area is 121 Å². The second-order valence-electron chi connectivity index (χ2n) is 3.78. The van der Waals surface area contributed by atoms with Crippen LogP contribution in [-0.2, 0) is 6.54 Å². The van der Waals surface area contributed by atoms with Crippen LogP contribution in [0.2, 0.25) is 10.0 Å². The van der Waals surface area contributed by atoms with E-state index in [1.165, 1.54) is 12.1 Å². The van der Waals surface area contributed by atoms with Crippen molar-refractivity contribution in [3.05, 3.63) is 66.3 Å². The Kier molecular flexibility index (Phi) is 4.01. The van der Waals surface area contributed by atoms with E-state index >= 15 is 0 Å². The number of rotatable bonds is 3. The smallest absolute Gasteiger partial charge is 0.266 e. The molecule has 0 unspecified atom stereocenters. The molecular formula is C11H6Cl2FN3O3. The molecule has 0 radical (unpaired) electrons. The van der Waals surface area contributed by atoms with Crippen LogP contribution in [0.3, 0.4) is 0 Å². The molecule has 0 saturated heterocycles. The first-order valence-electron chi connectivity index (χ1n) is 5.24. The molecule has 20 heavy (non-hydrogen) atoms. The predicted molar refractivity (Wildman–Crippen MR) is 70.7 cm³/mol. The van der Waals surface area contributed by atoms with Crippen molar-refractivity contribution >= 4 is 28.9 Å². The monoisotopic (exact) mass is 317 g/mol. The van der Waals surface area contributed by atoms with E-state index in [9.17, 15) is 19.3 Å². The molecule has 9 heteroatoms. The minimum atomic E-state index is -1.02. The highest BCUT2D eigenvalue weighted by Crippen LogP contribution is 2.21. The normalized spacial score (nSPS) is 10.6. The third-order valence-electron chi connectivity index (χ3n) is 2.52. The zero-order chi connectivity index (χ0) is 14.9. The highest BCUT2D eigenvalue weighted by atomic mass is 35.5. The number of hydrogen-bond acceptors (Lipinski definition) is 4. The summed E-state index contributed by atoms with van der Waals surface area (Å²) >= 11 is 11.3. The molecule has 1 aromatic heterocycles. The highest BCUT2D eigenvalue weighted by Gasteiger charge is 2.18. The number of nitrogens with zero attached hydrogens (tertiary/aromatic N) is 3. The van der Waals surface area contributed by atoms with E-state index in [0.717, 1.165) is 16.9 Å². The Hall–Kier alpha value is -1.99. The summed E-state index contributed by atoms with van der Waals surface area (Å²) in [7, 11) is 0. The molecule has 2 rings (SSSR count). The number of nitro benzene ring substituents is 1. The quantitative estimate of drug-likeness (QED) is 0.644. The van der Waals surface area contributed by atoms with Gasteiger partial charge in [0.2, 0.25) is 5.82 Å². The van der Waals surface area contributed by atoms with Crippen molar-refractivity contribution in [1.29, 1.82) is 0 Å². The fourth-order valence-corrected chi connectivity index (χ4v) is 1.82. The molecule has 0 atom stereocenters. The summed E-state index contributed by atoms with van der Waals surface area (Å²) in [6.45, 7) is -0.288. The lowest BCUT2D eigenvalue weighted by Crippen LogP contribution is -2.24. The Bertz CT molecular complexity index is 748. The molecule has 0 spiro atoms. The van der Waals surface area contributed by atoms with Crippen LogP contribution in [0, 0.1) is 15.9 Å². The maximum Gasteiger partial charge on any atom is 0.305 e. The minimum absolute atomic E-state index is 0.0209. The fourth-order valence-electron chi connectivity index (χ4n) is 1.55. The van der Waals surface area contributed by atoms with Gasteiger partial charge in [0.1, 0.15) is 5.02 Å². The van der Waals surface area contributed by atoms with E-state index in [2.05, 4.69) is 5.10 Å². The van der Waals surface area contributed by atoms with E-state index in [1.807, 2.05) is 0 Å². The number of benzene rings is 1. The van der Waals surface area contributed by atoms with Crippen LogP contribution in [-0.4, -0.2) is 14.7 Å². The van der Waals surface area contributed by atoms with Crippen LogP contribution in [0.25, 0.3) is 0 Å². The number of halogens is 3. The number of nitro groups is 1. The molecule has 0 N–H and O–H groups in total. The first-order valence-corrected chi connectivity index (χ1v) is 6.00. The van der Waals surface area contributed by atoms with Crippen molar-refractivity contribution in [1.82, 2.24) is 9.78 Å². The van der Waals surface area contributed by atoms with Crippen LogP contribution in [0.4, 0.5) is 10.1 Å². The molecule has 0 fully saturated rings. The topological polar surface area (TPSA) is 78.0 Å². The van der Waals surface area contributed by atoms with Crippen LogP contribution in [0.15, 0.2) is 29.2 Å². The maximum atomic E-state index is 13.9. The second kappa shape index (κ2) is 5.56. The molecule has 0 aliphatic rings. The Morgan fingerprint density at radius 3 is 2.75 bits per heavy atom. The average Bonchev–Trinajstić information content (AvgIpc) is 2.41. The van der Waals surface area contributed by atoms with E-state index in [1.54, 1.807) is 0 Å². The predicted octanol–water partition coefficient (Wildman–Crippen LogP) is 2.65. The lowest BCUT2D eigenvalue weighted by molar-refractivity contribution is -0.387. The first-order chi connectivity index (χ1) is 9.41. The molecule has 0 aliphatic carbocycles. The van der Waals surface area contributed by atoms with Gasteiger partial charge in [-0.05, 0) is 0 Å². The third kappa shape index (κ3) is 2.63. The van der Waals surface area contributed by atoms with Gasteiger partial charge in [0, 0.05) is 11.6 Å². The Balaban J connectivity index is 2.46. The van der Waals surface area contributed by atoms with Gasteiger partial charge < -0.3 is 0 Å². The molecule has 2 aromatic rings. The summed E-state index contributed by atoms with van der Waals surface area (Å²) in [5.41, 5.74) is -1.42. The van der Waals surface area contributed by atoms with Crippen LogP contribution in [0.1, 0.15) is 5.56 Å². The lowest BCUT2D eigenvalue weighted by Gasteiger charge is -2.06. The van der Waals surface area contributed by atoms with Crippen molar-refractivity contribution in [3.8, 4) is 0 Å². The van der Waals surface area contributed by atoms with Gasteiger partial charge in [-0.15, -0.1) is 0 Å². The SMILES string of the molecule is O=c1c(Cl)c(Cl)cnn1Cc1cccc([N+](=O)[O-])c1F. The van der Waals surface area contributed by atoms with Crippen molar-refractivity contribution in [2.45, 2.75) is 6.54 Å². The van der Waals surface area contributed by atoms with Gasteiger partial charge in [-0.25, -0.2) is 4.68 Å². The van der Waals surface area contributed by atoms with Gasteiger partial charge in [0.15, 0.2) is 0 Å². The standard InChI is InChI=1S/C11H6Cl2FN3O3/c12-7-4-15-16(11(18)9(7)13)5-6-2-1-3-8(10(6)14)17(19)20/h1-4H,5H2. The highest BCUT2D eigenvalue weighted by molar-refractivity contribution is 6.41. The van der Waals surface area contributed by atoms with Crippen molar-refractivity contribution in [3.63, 3.8) is 0 Å². The zero-order valence-electron chi connectivity index (χ0n) is 9.72. The Morgan fingerprint density at radius 1 is 1.40 bits per heavy atom. The van der Waals surface area contributed by atoms with Crippen LogP contribution >= 0.6 is 23.2 Å². The summed E-state index contributed by atoms with van der Waals surface area (Å²) < 4.78 is 14.7. The fraction of sp³-hybridized carbons (Fsp3) is 0.0909. The second-order valence-corrected chi connectivity index (χ2v) is 4.56. The summed E-state index contributed by atoms with van der Waals surface area (Å²) in [6.07, 6.45) is 1.14. The van der Waals surface area contributed by atoms with E-state index in [4.69, 9.17) is 23.2 Å². The van der Waals surface area contributed by atoms with Gasteiger partial charge >= 0.3 is 5.69 Å². The average molecular weight is 318 g/mol. The Morgan fingerprint density at radius 2 is 2.10 bits per heavy atom. The molecule has 1 heterocycles. The van der Waals surface area contributed by atoms with E-state index in [-0.39, 0.29) is 22.2 Å². The van der Waals surface area contributed by atoms with Crippen molar-refractivity contribution in [2.24, 2.45) is 0 Å². The van der Waals surface area contributed by atoms with E-state index < -0.39 is 22.0 Å². The van der Waals surface area contributed by atoms with Crippen LogP contribution < -0.4 is 5.56 Å². The summed E-state index contributed by atoms with van der Waals surface area (Å²) in [5, 5.41) is 14.1. The van der Waals surface area contributed by atoms with Gasteiger partial charge in [-0.2, -0.15) is 9.49 Å². The third-order valence-corrected chi connectivity index (χ3v) is 3.27. The van der Waals surface area contributed by atoms with Crippen molar-refractivity contribution < 1.29 is 9.31 Å². The summed E-state index contributed by atoms with van der Waals surface area (Å²) in [4.78, 5) is 21.5. The molecule has 0 bridgehead atoms. The molecule has 104 valence electrons. The van der Waals surface area contributed by atoms with Crippen LogP contribution in [0.5, 0.6) is 0 Å². The minimum Gasteiger partial charge on any atom is -0.266 e. The molecule has 6 nitrogen and oxygen atoms in total. The largest absolute Gasteiger partial charge is 0.305 e. The molecule has 0 aliphatic heterocycles. The van der Waals surface area contributed by atoms with Gasteiger partial charge in [0.05, 0.1) is 22.7 Å². The molecule has 0 saturated carbocycles. The zero-order valence-corrected chi connectivity index (χ0v) is 11.2. The molecule has 0 amide bonds. The van der Waals surface area contributed by atoms with Crippen molar-refractivity contribution in [2.75, 3.05) is 0 Å². The van der Waals surface area contributed by atoms with Gasteiger partial charge in [-0.1, -0.05) is 35.3 Å². The number of hydrogen-bond donors (Lipinski definition) is 0. The molecular weight excluding hydrogens is 312 g/mol. The van der Waals surface area contributed by atoms with E-state index in [0.29, 0.717) is 0 Å². The summed E-state index contributed by atoms with van der Waals surface area (Å²) in [5.74, 6) is -1.02. The molecule has 1 aromatic carbocycles. The van der Waals surface area contributed by atoms with Gasteiger partial charge in [-0.3, -0.25) is 14.9 Å².